The Bertz CT molecular complexity index is 1040. The second kappa shape index (κ2) is 8.74. The van der Waals surface area contributed by atoms with E-state index in [4.69, 9.17) is 4.74 Å². The van der Waals surface area contributed by atoms with Gasteiger partial charge in [0.15, 0.2) is 5.78 Å². The van der Waals surface area contributed by atoms with E-state index >= 15 is 0 Å². The summed E-state index contributed by atoms with van der Waals surface area (Å²) in [6.45, 7) is 8.86. The number of allylic oxidation sites excluding steroid dienone is 4. The highest BCUT2D eigenvalue weighted by Crippen LogP contribution is 2.78. The molecule has 0 radical (unpaired) electrons. The minimum Gasteiger partial charge on any atom is -0.393 e. The van der Waals surface area contributed by atoms with E-state index in [1.54, 1.807) is 0 Å². The van der Waals surface area contributed by atoms with Crippen LogP contribution in [0.1, 0.15) is 90.9 Å². The van der Waals surface area contributed by atoms with E-state index in [0.29, 0.717) is 11.7 Å². The van der Waals surface area contributed by atoms with E-state index in [0.717, 1.165) is 109 Å². The van der Waals surface area contributed by atoms with Crippen molar-refractivity contribution in [1.82, 2.24) is 4.90 Å². The molecule has 8 aliphatic rings. The summed E-state index contributed by atoms with van der Waals surface area (Å²) in [5, 5.41) is 23.3. The first-order valence-electron chi connectivity index (χ1n) is 15.9. The van der Waals surface area contributed by atoms with Crippen molar-refractivity contribution in [2.24, 2.45) is 39.4 Å². The summed E-state index contributed by atoms with van der Waals surface area (Å²) in [7, 11) is 0. The summed E-state index contributed by atoms with van der Waals surface area (Å²) >= 11 is 0. The third kappa shape index (κ3) is 3.28. The smallest absolute Gasteiger partial charge is 0.162 e. The number of ether oxygens (including phenoxy) is 1. The topological polar surface area (TPSA) is 70.0 Å². The number of aliphatic hydroxyl groups excluding tert-OH is 1. The number of morpholine rings is 1. The lowest BCUT2D eigenvalue weighted by atomic mass is 9.32. The summed E-state index contributed by atoms with van der Waals surface area (Å²) in [6, 6.07) is 0. The molecule has 7 aliphatic carbocycles. The summed E-state index contributed by atoms with van der Waals surface area (Å²) in [4.78, 5) is 17.0. The van der Waals surface area contributed by atoms with E-state index < -0.39 is 5.60 Å². The van der Waals surface area contributed by atoms with Crippen LogP contribution in [-0.4, -0.2) is 65.4 Å². The first-order chi connectivity index (χ1) is 18.2. The van der Waals surface area contributed by atoms with Crippen LogP contribution in [0.15, 0.2) is 23.8 Å². The van der Waals surface area contributed by atoms with Gasteiger partial charge < -0.3 is 14.9 Å². The fraction of sp³-hybridized carbons (Fsp3) is 0.848. The second-order valence-corrected chi connectivity index (χ2v) is 14.9. The Labute approximate surface area is 229 Å². The van der Waals surface area contributed by atoms with E-state index in [-0.39, 0.29) is 39.6 Å². The van der Waals surface area contributed by atoms with Crippen LogP contribution in [0, 0.1) is 39.4 Å². The van der Waals surface area contributed by atoms with Crippen molar-refractivity contribution in [2.75, 3.05) is 32.8 Å². The van der Waals surface area contributed by atoms with E-state index in [1.165, 1.54) is 6.42 Å². The minimum absolute atomic E-state index is 0.0591. The number of rotatable bonds is 4. The van der Waals surface area contributed by atoms with Gasteiger partial charge >= 0.3 is 0 Å². The largest absolute Gasteiger partial charge is 0.393 e. The number of β-amino-alcohol motifs (C(OH)–C–C–N with tert-alkyl or cyclic N) is 1. The van der Waals surface area contributed by atoms with E-state index in [2.05, 4.69) is 37.0 Å². The van der Waals surface area contributed by atoms with Gasteiger partial charge in [0.05, 0.1) is 24.9 Å². The molecular formula is C33H49NO4. The van der Waals surface area contributed by atoms with Crippen LogP contribution < -0.4 is 0 Å². The molecule has 1 heterocycles. The number of Topliss-reactive ketones (excluding diaryl/α,β-unsaturated/α-hetero) is 1. The van der Waals surface area contributed by atoms with Crippen LogP contribution in [0.2, 0.25) is 0 Å². The molecule has 0 amide bonds. The second-order valence-electron chi connectivity index (χ2n) is 14.9. The van der Waals surface area contributed by atoms with Gasteiger partial charge in [0.25, 0.3) is 0 Å². The van der Waals surface area contributed by atoms with Crippen molar-refractivity contribution < 1.29 is 19.7 Å². The molecule has 0 aromatic carbocycles. The molecule has 1 saturated heterocycles. The summed E-state index contributed by atoms with van der Waals surface area (Å²) in [5.74, 6) is 1.24. The maximum Gasteiger partial charge on any atom is 0.162 e. The summed E-state index contributed by atoms with van der Waals surface area (Å²) < 4.78 is 5.61. The number of carbonyl (C=O) groups excluding carboxylic acids is 1. The van der Waals surface area contributed by atoms with Gasteiger partial charge in [0.2, 0.25) is 0 Å². The molecule has 2 N–H and O–H groups in total. The molecular weight excluding hydrogens is 474 g/mol. The van der Waals surface area contributed by atoms with Crippen molar-refractivity contribution >= 4 is 5.78 Å². The highest BCUT2D eigenvalue weighted by Gasteiger charge is 2.74. The fourth-order valence-electron chi connectivity index (χ4n) is 11.3. The third-order valence-electron chi connectivity index (χ3n) is 13.5. The standard InChI is InChI=1S/C33H49NO4/c1-29-11-8-24(35)20-31(29)14-15-33(25(21-31)28(36)23-6-4-3-5-7-23)26(29)9-12-30(2)27(33)10-13-32(30,37)22-34-16-18-38-19-17-34/h14-15,21,23-24,26-27,35,37H,3-13,16-20,22H2,1-2H3/t24?,26-,27-,29-,30+,31+,32-,33-/m1/s1. The first-order valence-corrected chi connectivity index (χ1v) is 15.9. The van der Waals surface area contributed by atoms with Crippen LogP contribution >= 0.6 is 0 Å². The van der Waals surface area contributed by atoms with E-state index in [1.807, 2.05) is 0 Å². The molecule has 38 heavy (non-hydrogen) atoms. The Morgan fingerprint density at radius 2 is 1.63 bits per heavy atom. The molecule has 5 fully saturated rings. The number of ketones is 1. The number of nitrogens with zero attached hydrogens (tertiary/aromatic N) is 1. The van der Waals surface area contributed by atoms with Crippen LogP contribution in [0.4, 0.5) is 0 Å². The zero-order valence-electron chi connectivity index (χ0n) is 23.7. The normalized spacial score (nSPS) is 50.7. The van der Waals surface area contributed by atoms with Crippen LogP contribution in [0.25, 0.3) is 0 Å². The van der Waals surface area contributed by atoms with Gasteiger partial charge in [-0.15, -0.1) is 0 Å². The molecule has 5 heteroatoms. The van der Waals surface area contributed by atoms with E-state index in [9.17, 15) is 15.0 Å². The zero-order chi connectivity index (χ0) is 26.4. The number of aliphatic hydroxyl groups is 2. The lowest BCUT2D eigenvalue weighted by Crippen LogP contribution is -2.67. The summed E-state index contributed by atoms with van der Waals surface area (Å²) in [6.07, 6.45) is 19.2. The highest BCUT2D eigenvalue weighted by molar-refractivity contribution is 6.00. The number of fused-ring (bicyclic) bond motifs is 1. The molecule has 2 spiro atoms. The molecule has 4 saturated carbocycles. The molecule has 0 aromatic heterocycles. The molecule has 5 nitrogen and oxygen atoms in total. The van der Waals surface area contributed by atoms with Gasteiger partial charge in [-0.25, -0.2) is 0 Å². The number of hydrogen-bond acceptors (Lipinski definition) is 5. The maximum absolute atomic E-state index is 14.6. The van der Waals surface area contributed by atoms with Gasteiger partial charge in [-0.3, -0.25) is 9.69 Å². The SMILES string of the molecule is C[C@]12CC[C@H]3[C@]4(C=C[C@@]5(C=C4C(=O)C4CCCCC4)CC(O)CC[C@]35C)[C@@H]1CC[C@@]2(O)CN1CCOCC1. The molecule has 1 unspecified atom stereocenters. The number of hydrogen-bond donors (Lipinski definition) is 2. The fourth-order valence-corrected chi connectivity index (χ4v) is 11.3. The van der Waals surface area contributed by atoms with Crippen LogP contribution in [0.3, 0.4) is 0 Å². The predicted molar refractivity (Wildman–Crippen MR) is 147 cm³/mol. The Morgan fingerprint density at radius 3 is 2.39 bits per heavy atom. The zero-order valence-corrected chi connectivity index (χ0v) is 23.7. The van der Waals surface area contributed by atoms with Crippen molar-refractivity contribution in [3.05, 3.63) is 23.8 Å². The Morgan fingerprint density at radius 1 is 0.947 bits per heavy atom. The minimum atomic E-state index is -0.739. The predicted octanol–water partition coefficient (Wildman–Crippen LogP) is 5.06. The Hall–Kier alpha value is -1.01. The van der Waals surface area contributed by atoms with Crippen molar-refractivity contribution in [3.63, 3.8) is 0 Å². The van der Waals surface area contributed by atoms with Crippen molar-refractivity contribution in [3.8, 4) is 0 Å². The van der Waals surface area contributed by atoms with Crippen LogP contribution in [-0.2, 0) is 9.53 Å². The maximum atomic E-state index is 14.6. The average molecular weight is 524 g/mol. The molecule has 8 rings (SSSR count). The van der Waals surface area contributed by atoms with Crippen molar-refractivity contribution in [1.29, 1.82) is 0 Å². The van der Waals surface area contributed by atoms with Gasteiger partial charge in [-0.2, -0.15) is 0 Å². The Balaban J connectivity index is 1.33. The van der Waals surface area contributed by atoms with Crippen LogP contribution in [0.5, 0.6) is 0 Å². The monoisotopic (exact) mass is 523 g/mol. The highest BCUT2D eigenvalue weighted by atomic mass is 16.5. The van der Waals surface area contributed by atoms with Gasteiger partial charge in [-0.05, 0) is 75.0 Å². The molecule has 1 aliphatic heterocycles. The van der Waals surface area contributed by atoms with Gasteiger partial charge in [0.1, 0.15) is 0 Å². The number of carbonyl (C=O) groups is 1. The quantitative estimate of drug-likeness (QED) is 0.504. The summed E-state index contributed by atoms with van der Waals surface area (Å²) in [5.41, 5.74) is -0.306. The van der Waals surface area contributed by atoms with Gasteiger partial charge in [0, 0.05) is 47.4 Å². The lowest BCUT2D eigenvalue weighted by molar-refractivity contribution is -0.181. The van der Waals surface area contributed by atoms with Crippen molar-refractivity contribution in [2.45, 2.75) is 103 Å². The first kappa shape index (κ1) is 25.9. The Kier molecular flexibility index (Phi) is 5.96. The lowest BCUT2D eigenvalue weighted by Gasteiger charge is -2.71. The molecule has 210 valence electrons. The molecule has 2 bridgehead atoms. The van der Waals surface area contributed by atoms with Gasteiger partial charge in [-0.1, -0.05) is 51.3 Å². The molecule has 0 aromatic rings. The average Bonchev–Trinajstić information content (AvgIpc) is 3.19. The third-order valence-corrected chi connectivity index (χ3v) is 13.5. The molecule has 8 atom stereocenters.